The molecule has 0 bridgehead atoms. The molecule has 0 fully saturated rings. The van der Waals surface area contributed by atoms with Gasteiger partial charge in [-0.2, -0.15) is 0 Å². The lowest BCUT2D eigenvalue weighted by atomic mass is 9.98. The standard InChI is InChI=1S/C22H22O5/c1-13(2)12-26-16-7-9-19-18(10-16)14(3)21(22(23)27-19)17-8-6-15(24-4)11-20(17)25-5/h6-11H,1,12H2,2-5H3. The molecular formula is C22H22O5. The normalized spacial score (nSPS) is 10.7. The minimum absolute atomic E-state index is 0.418. The van der Waals surface area contributed by atoms with E-state index in [2.05, 4.69) is 6.58 Å². The monoisotopic (exact) mass is 366 g/mol. The number of benzene rings is 2. The van der Waals surface area contributed by atoms with Crippen LogP contribution in [0, 0.1) is 6.92 Å². The third-order valence-electron chi connectivity index (χ3n) is 4.30. The largest absolute Gasteiger partial charge is 0.497 e. The van der Waals surface area contributed by atoms with Crippen molar-refractivity contribution < 1.29 is 18.6 Å². The number of methoxy groups -OCH3 is 2. The zero-order valence-corrected chi connectivity index (χ0v) is 15.9. The van der Waals surface area contributed by atoms with E-state index in [-0.39, 0.29) is 0 Å². The predicted molar refractivity (Wildman–Crippen MR) is 106 cm³/mol. The van der Waals surface area contributed by atoms with Gasteiger partial charge >= 0.3 is 5.63 Å². The van der Waals surface area contributed by atoms with E-state index in [4.69, 9.17) is 18.6 Å². The summed E-state index contributed by atoms with van der Waals surface area (Å²) in [5.41, 5.74) is 2.93. The molecule has 140 valence electrons. The number of rotatable bonds is 6. The molecule has 0 atom stereocenters. The maximum Gasteiger partial charge on any atom is 0.344 e. The molecule has 0 radical (unpaired) electrons. The molecule has 0 spiro atoms. The minimum Gasteiger partial charge on any atom is -0.497 e. The Bertz CT molecular complexity index is 1060. The fourth-order valence-electron chi connectivity index (χ4n) is 2.94. The topological polar surface area (TPSA) is 57.9 Å². The molecule has 0 N–H and O–H groups in total. The van der Waals surface area contributed by atoms with E-state index in [1.165, 1.54) is 0 Å². The van der Waals surface area contributed by atoms with Crippen LogP contribution in [0.15, 0.2) is 57.8 Å². The summed E-state index contributed by atoms with van der Waals surface area (Å²) in [6.07, 6.45) is 0. The molecule has 0 unspecified atom stereocenters. The van der Waals surface area contributed by atoms with Crippen LogP contribution in [0.2, 0.25) is 0 Å². The van der Waals surface area contributed by atoms with Gasteiger partial charge in [-0.3, -0.25) is 0 Å². The molecule has 0 saturated heterocycles. The molecule has 27 heavy (non-hydrogen) atoms. The van der Waals surface area contributed by atoms with Crippen LogP contribution in [0.3, 0.4) is 0 Å². The lowest BCUT2D eigenvalue weighted by Crippen LogP contribution is -2.07. The zero-order valence-electron chi connectivity index (χ0n) is 15.9. The Hall–Kier alpha value is -3.21. The van der Waals surface area contributed by atoms with E-state index in [1.807, 2.05) is 19.9 Å². The Labute approximate surface area is 157 Å². The first-order valence-electron chi connectivity index (χ1n) is 8.51. The maximum absolute atomic E-state index is 12.7. The minimum atomic E-state index is -0.418. The van der Waals surface area contributed by atoms with Crippen molar-refractivity contribution in [1.29, 1.82) is 0 Å². The second-order valence-corrected chi connectivity index (χ2v) is 6.36. The Morgan fingerprint density at radius 2 is 1.81 bits per heavy atom. The van der Waals surface area contributed by atoms with Crippen LogP contribution >= 0.6 is 0 Å². The number of aryl methyl sites for hydroxylation is 1. The molecule has 5 heteroatoms. The zero-order chi connectivity index (χ0) is 19.6. The van der Waals surface area contributed by atoms with Crippen LogP contribution in [-0.2, 0) is 0 Å². The number of hydrogen-bond donors (Lipinski definition) is 0. The van der Waals surface area contributed by atoms with Crippen LogP contribution < -0.4 is 19.8 Å². The van der Waals surface area contributed by atoms with Crippen molar-refractivity contribution in [2.24, 2.45) is 0 Å². The second kappa shape index (κ2) is 7.58. The third-order valence-corrected chi connectivity index (χ3v) is 4.30. The first kappa shape index (κ1) is 18.6. The first-order valence-corrected chi connectivity index (χ1v) is 8.51. The van der Waals surface area contributed by atoms with Crippen LogP contribution in [0.1, 0.15) is 12.5 Å². The SMILES string of the molecule is C=C(C)COc1ccc2oc(=O)c(-c3ccc(OC)cc3OC)c(C)c2c1. The van der Waals surface area contributed by atoms with Crippen molar-refractivity contribution in [3.05, 3.63) is 64.5 Å². The summed E-state index contributed by atoms with van der Waals surface area (Å²) in [6, 6.07) is 10.7. The van der Waals surface area contributed by atoms with Crippen molar-refractivity contribution in [3.8, 4) is 28.4 Å². The van der Waals surface area contributed by atoms with Crippen molar-refractivity contribution in [2.75, 3.05) is 20.8 Å². The van der Waals surface area contributed by atoms with Gasteiger partial charge in [-0.05, 0) is 55.3 Å². The predicted octanol–water partition coefficient (Wildman–Crippen LogP) is 4.74. The highest BCUT2D eigenvalue weighted by atomic mass is 16.5. The highest BCUT2D eigenvalue weighted by molar-refractivity contribution is 5.89. The number of hydrogen-bond acceptors (Lipinski definition) is 5. The van der Waals surface area contributed by atoms with Gasteiger partial charge in [0.15, 0.2) is 0 Å². The molecule has 1 aromatic heterocycles. The summed E-state index contributed by atoms with van der Waals surface area (Å²) in [7, 11) is 3.14. The van der Waals surface area contributed by atoms with E-state index in [9.17, 15) is 4.79 Å². The van der Waals surface area contributed by atoms with Gasteiger partial charge in [0.1, 0.15) is 29.4 Å². The van der Waals surface area contributed by atoms with Crippen LogP contribution in [0.5, 0.6) is 17.2 Å². The quantitative estimate of drug-likeness (QED) is 0.466. The van der Waals surface area contributed by atoms with Crippen LogP contribution in [-0.4, -0.2) is 20.8 Å². The highest BCUT2D eigenvalue weighted by Gasteiger charge is 2.18. The number of fused-ring (bicyclic) bond motifs is 1. The molecule has 3 aromatic rings. The average molecular weight is 366 g/mol. The van der Waals surface area contributed by atoms with Gasteiger partial charge in [0, 0.05) is 17.0 Å². The smallest absolute Gasteiger partial charge is 0.344 e. The summed E-state index contributed by atoms with van der Waals surface area (Å²) in [4.78, 5) is 12.7. The molecule has 2 aromatic carbocycles. The van der Waals surface area contributed by atoms with Gasteiger partial charge in [-0.25, -0.2) is 4.79 Å². The van der Waals surface area contributed by atoms with Crippen molar-refractivity contribution in [1.82, 2.24) is 0 Å². The van der Waals surface area contributed by atoms with Crippen molar-refractivity contribution in [2.45, 2.75) is 13.8 Å². The molecule has 0 aliphatic heterocycles. The number of ether oxygens (including phenoxy) is 3. The lowest BCUT2D eigenvalue weighted by Gasteiger charge is -2.13. The maximum atomic E-state index is 12.7. The van der Waals surface area contributed by atoms with Gasteiger partial charge in [-0.15, -0.1) is 0 Å². The van der Waals surface area contributed by atoms with E-state index < -0.39 is 5.63 Å². The highest BCUT2D eigenvalue weighted by Crippen LogP contribution is 2.36. The summed E-state index contributed by atoms with van der Waals surface area (Å²) in [5.74, 6) is 1.88. The fourth-order valence-corrected chi connectivity index (χ4v) is 2.94. The molecule has 5 nitrogen and oxygen atoms in total. The summed E-state index contributed by atoms with van der Waals surface area (Å²) in [6.45, 7) is 8.06. The molecule has 3 rings (SSSR count). The van der Waals surface area contributed by atoms with Crippen molar-refractivity contribution >= 4 is 11.0 Å². The Kier molecular flexibility index (Phi) is 5.21. The van der Waals surface area contributed by atoms with Crippen LogP contribution in [0.4, 0.5) is 0 Å². The molecule has 0 amide bonds. The van der Waals surface area contributed by atoms with Gasteiger partial charge in [0.25, 0.3) is 0 Å². The fraction of sp³-hybridized carbons (Fsp3) is 0.227. The molecule has 0 aliphatic rings. The van der Waals surface area contributed by atoms with Gasteiger partial charge in [-0.1, -0.05) is 6.58 Å². The summed E-state index contributed by atoms with van der Waals surface area (Å²) < 4.78 is 22.0. The lowest BCUT2D eigenvalue weighted by molar-refractivity contribution is 0.353. The van der Waals surface area contributed by atoms with Crippen LogP contribution in [0.25, 0.3) is 22.1 Å². The van der Waals surface area contributed by atoms with Gasteiger partial charge < -0.3 is 18.6 Å². The van der Waals surface area contributed by atoms with E-state index in [0.717, 1.165) is 16.5 Å². The third kappa shape index (κ3) is 3.67. The summed E-state index contributed by atoms with van der Waals surface area (Å²) in [5, 5.41) is 0.807. The molecule has 0 aliphatic carbocycles. The van der Waals surface area contributed by atoms with E-state index in [0.29, 0.717) is 40.6 Å². The summed E-state index contributed by atoms with van der Waals surface area (Å²) >= 11 is 0. The Morgan fingerprint density at radius 3 is 2.48 bits per heavy atom. The second-order valence-electron chi connectivity index (χ2n) is 6.36. The van der Waals surface area contributed by atoms with E-state index >= 15 is 0 Å². The van der Waals surface area contributed by atoms with Gasteiger partial charge in [0.05, 0.1) is 19.8 Å². The van der Waals surface area contributed by atoms with Crippen molar-refractivity contribution in [3.63, 3.8) is 0 Å². The van der Waals surface area contributed by atoms with E-state index in [1.54, 1.807) is 44.6 Å². The Morgan fingerprint density at radius 1 is 1.07 bits per heavy atom. The Balaban J connectivity index is 2.19. The molecule has 0 saturated carbocycles. The average Bonchev–Trinajstić information content (AvgIpc) is 2.66. The molecular weight excluding hydrogens is 344 g/mol. The molecule has 1 heterocycles. The first-order chi connectivity index (χ1) is 12.9. The van der Waals surface area contributed by atoms with Gasteiger partial charge in [0.2, 0.25) is 0 Å².